The molecule has 1 amide bonds. The summed E-state index contributed by atoms with van der Waals surface area (Å²) in [7, 11) is 0. The Morgan fingerprint density at radius 2 is 1.55 bits per heavy atom. The summed E-state index contributed by atoms with van der Waals surface area (Å²) in [4.78, 5) is 32.9. The van der Waals surface area contributed by atoms with Gasteiger partial charge < -0.3 is 5.32 Å². The van der Waals surface area contributed by atoms with E-state index in [2.05, 4.69) is 0 Å². The molecule has 1 rings (SSSR count). The minimum atomic E-state index is -5.18. The van der Waals surface area contributed by atoms with Gasteiger partial charge in [-0.3, -0.25) is 14.4 Å². The van der Waals surface area contributed by atoms with Crippen LogP contribution in [0.1, 0.15) is 16.8 Å². The maximum absolute atomic E-state index is 12.0. The van der Waals surface area contributed by atoms with E-state index in [0.717, 1.165) is 24.3 Å². The van der Waals surface area contributed by atoms with E-state index >= 15 is 0 Å². The molecule has 0 aliphatic carbocycles. The quantitative estimate of drug-likeness (QED) is 0.525. The predicted octanol–water partition coefficient (Wildman–Crippen LogP) is 2.89. The molecule has 0 radical (unpaired) electrons. The normalized spacial score (nSPS) is 11.9. The number of Topliss-reactive ketones (excluding diaryl/α,β-unsaturated/α-hetero) is 2. The van der Waals surface area contributed by atoms with Crippen molar-refractivity contribution in [3.8, 4) is 0 Å². The summed E-state index contributed by atoms with van der Waals surface area (Å²) in [6.45, 7) is 0. The number of alkyl halides is 6. The second-order valence-electron chi connectivity index (χ2n) is 4.05. The van der Waals surface area contributed by atoms with Crippen LogP contribution in [0.15, 0.2) is 24.3 Å². The molecule has 1 N–H and O–H groups in total. The predicted molar refractivity (Wildman–Crippen MR) is 61.1 cm³/mol. The van der Waals surface area contributed by atoms with Crippen molar-refractivity contribution in [1.82, 2.24) is 0 Å². The SMILES string of the molecule is O=C(CC(=O)C(F)(F)F)c1cccc(NC(=O)C(F)(F)F)c1. The lowest BCUT2D eigenvalue weighted by Crippen LogP contribution is -2.30. The first-order chi connectivity index (χ1) is 9.91. The van der Waals surface area contributed by atoms with Gasteiger partial charge in [0.1, 0.15) is 0 Å². The summed E-state index contributed by atoms with van der Waals surface area (Å²) in [5, 5.41) is 1.44. The summed E-state index contributed by atoms with van der Waals surface area (Å²) in [5.74, 6) is -5.81. The maximum Gasteiger partial charge on any atom is 0.471 e. The zero-order chi connectivity index (χ0) is 17.1. The summed E-state index contributed by atoms with van der Waals surface area (Å²) < 4.78 is 72.2. The molecule has 0 spiro atoms. The van der Waals surface area contributed by atoms with Crippen LogP contribution in [-0.2, 0) is 9.59 Å². The largest absolute Gasteiger partial charge is 0.471 e. The smallest absolute Gasteiger partial charge is 0.318 e. The van der Waals surface area contributed by atoms with E-state index in [0.29, 0.717) is 0 Å². The van der Waals surface area contributed by atoms with Gasteiger partial charge in [0.05, 0.1) is 6.42 Å². The Labute approximate surface area is 119 Å². The number of nitrogens with one attached hydrogen (secondary N) is 1. The minimum absolute atomic E-state index is 0.433. The average molecular weight is 327 g/mol. The van der Waals surface area contributed by atoms with E-state index in [1.807, 2.05) is 0 Å². The molecular weight excluding hydrogens is 320 g/mol. The fourth-order valence-corrected chi connectivity index (χ4v) is 1.32. The first kappa shape index (κ1) is 17.7. The molecule has 10 heteroatoms. The molecule has 4 nitrogen and oxygen atoms in total. The molecule has 0 heterocycles. The number of carbonyl (C=O) groups excluding carboxylic acids is 3. The molecular formula is C12H7F6NO3. The fraction of sp³-hybridized carbons (Fsp3) is 0.250. The number of hydrogen-bond donors (Lipinski definition) is 1. The number of benzene rings is 1. The molecule has 0 saturated carbocycles. The fourth-order valence-electron chi connectivity index (χ4n) is 1.32. The maximum atomic E-state index is 12.0. The molecule has 0 atom stereocenters. The lowest BCUT2D eigenvalue weighted by atomic mass is 10.1. The van der Waals surface area contributed by atoms with Crippen molar-refractivity contribution in [3.05, 3.63) is 29.8 Å². The van der Waals surface area contributed by atoms with Crippen LogP contribution in [0.25, 0.3) is 0 Å². The second kappa shape index (κ2) is 6.16. The Kier molecular flexibility index (Phi) is 4.94. The number of halogens is 6. The topological polar surface area (TPSA) is 63.2 Å². The van der Waals surface area contributed by atoms with Gasteiger partial charge in [-0.05, 0) is 12.1 Å². The van der Waals surface area contributed by atoms with Crippen molar-refractivity contribution in [2.45, 2.75) is 18.8 Å². The monoisotopic (exact) mass is 327 g/mol. The van der Waals surface area contributed by atoms with Gasteiger partial charge in [-0.25, -0.2) is 0 Å². The Bertz CT molecular complexity index is 606. The number of hydrogen-bond acceptors (Lipinski definition) is 3. The zero-order valence-electron chi connectivity index (χ0n) is 10.5. The Morgan fingerprint density at radius 3 is 2.05 bits per heavy atom. The first-order valence-electron chi connectivity index (χ1n) is 5.52. The van der Waals surface area contributed by atoms with Crippen LogP contribution in [0.2, 0.25) is 0 Å². The number of amides is 1. The summed E-state index contributed by atoms with van der Waals surface area (Å²) in [6.07, 6.45) is -11.8. The van der Waals surface area contributed by atoms with Gasteiger partial charge in [0.2, 0.25) is 5.78 Å². The average Bonchev–Trinajstić information content (AvgIpc) is 2.36. The van der Waals surface area contributed by atoms with Gasteiger partial charge in [-0.1, -0.05) is 12.1 Å². The lowest BCUT2D eigenvalue weighted by Gasteiger charge is -2.09. The summed E-state index contributed by atoms with van der Waals surface area (Å²) in [6, 6.07) is 3.81. The molecule has 0 saturated heterocycles. The van der Waals surface area contributed by atoms with E-state index < -0.39 is 47.5 Å². The summed E-state index contributed by atoms with van der Waals surface area (Å²) >= 11 is 0. The molecule has 0 aromatic heterocycles. The Hall–Kier alpha value is -2.39. The van der Waals surface area contributed by atoms with Crippen LogP contribution < -0.4 is 5.32 Å². The molecule has 22 heavy (non-hydrogen) atoms. The zero-order valence-corrected chi connectivity index (χ0v) is 10.5. The third-order valence-electron chi connectivity index (χ3n) is 2.34. The highest BCUT2D eigenvalue weighted by Gasteiger charge is 2.40. The van der Waals surface area contributed by atoms with Crippen LogP contribution in [0.3, 0.4) is 0 Å². The second-order valence-corrected chi connectivity index (χ2v) is 4.05. The summed E-state index contributed by atoms with van der Waals surface area (Å²) in [5.41, 5.74) is -0.870. The highest BCUT2D eigenvalue weighted by atomic mass is 19.4. The van der Waals surface area contributed by atoms with E-state index in [9.17, 15) is 40.7 Å². The van der Waals surface area contributed by atoms with E-state index in [1.165, 1.54) is 5.32 Å². The van der Waals surface area contributed by atoms with Crippen LogP contribution in [0.4, 0.5) is 32.0 Å². The number of anilines is 1. The van der Waals surface area contributed by atoms with Crippen molar-refractivity contribution < 1.29 is 40.7 Å². The van der Waals surface area contributed by atoms with Crippen LogP contribution in [0.5, 0.6) is 0 Å². The van der Waals surface area contributed by atoms with Gasteiger partial charge in [0.25, 0.3) is 0 Å². The molecule has 0 bridgehead atoms. The van der Waals surface area contributed by atoms with E-state index in [1.54, 1.807) is 0 Å². The van der Waals surface area contributed by atoms with Crippen molar-refractivity contribution in [3.63, 3.8) is 0 Å². The minimum Gasteiger partial charge on any atom is -0.318 e. The molecule has 0 aliphatic rings. The molecule has 1 aromatic rings. The van der Waals surface area contributed by atoms with E-state index in [-0.39, 0.29) is 0 Å². The third-order valence-corrected chi connectivity index (χ3v) is 2.34. The molecule has 0 unspecified atom stereocenters. The highest BCUT2D eigenvalue weighted by molar-refractivity contribution is 6.10. The van der Waals surface area contributed by atoms with Gasteiger partial charge in [0.15, 0.2) is 5.78 Å². The van der Waals surface area contributed by atoms with Crippen LogP contribution >= 0.6 is 0 Å². The number of ketones is 2. The molecule has 120 valence electrons. The number of carbonyl (C=O) groups is 3. The Balaban J connectivity index is 2.86. The van der Waals surface area contributed by atoms with Gasteiger partial charge in [0, 0.05) is 11.3 Å². The van der Waals surface area contributed by atoms with Crippen LogP contribution in [-0.4, -0.2) is 29.8 Å². The van der Waals surface area contributed by atoms with E-state index in [4.69, 9.17) is 0 Å². The molecule has 0 fully saturated rings. The number of rotatable bonds is 4. The highest BCUT2D eigenvalue weighted by Crippen LogP contribution is 2.21. The molecule has 0 aliphatic heterocycles. The van der Waals surface area contributed by atoms with Crippen molar-refractivity contribution >= 4 is 23.2 Å². The lowest BCUT2D eigenvalue weighted by molar-refractivity contribution is -0.170. The van der Waals surface area contributed by atoms with Gasteiger partial charge in [-0.2, -0.15) is 26.3 Å². The van der Waals surface area contributed by atoms with Gasteiger partial charge >= 0.3 is 18.3 Å². The molecule has 1 aromatic carbocycles. The first-order valence-corrected chi connectivity index (χ1v) is 5.52. The Morgan fingerprint density at radius 1 is 0.955 bits per heavy atom. The standard InChI is InChI=1S/C12H7F6NO3/c13-11(14,15)9(21)5-8(20)6-2-1-3-7(4-6)19-10(22)12(16,17)18/h1-4H,5H2,(H,19,22). The van der Waals surface area contributed by atoms with Crippen LogP contribution in [0, 0.1) is 0 Å². The van der Waals surface area contributed by atoms with Crippen molar-refractivity contribution in [2.75, 3.05) is 5.32 Å². The third kappa shape index (κ3) is 4.86. The van der Waals surface area contributed by atoms with Crippen molar-refractivity contribution in [1.29, 1.82) is 0 Å². The van der Waals surface area contributed by atoms with Crippen molar-refractivity contribution in [2.24, 2.45) is 0 Å². The van der Waals surface area contributed by atoms with Gasteiger partial charge in [-0.15, -0.1) is 0 Å².